The molecular formula is C38H42N2O14. The number of nitrogens with zero attached hydrogens (tertiary/aromatic N) is 2. The summed E-state index contributed by atoms with van der Waals surface area (Å²) in [5, 5.41) is 68.6. The van der Waals surface area contributed by atoms with Crippen molar-refractivity contribution in [2.75, 3.05) is 33.9 Å². The third-order valence-corrected chi connectivity index (χ3v) is 11.8. The Morgan fingerprint density at radius 2 is 1.69 bits per heavy atom. The van der Waals surface area contributed by atoms with Crippen molar-refractivity contribution in [2.24, 2.45) is 10.9 Å². The molecule has 2 aliphatic heterocycles. The standard InChI is InChI=1S/C38H42N2O14/c1-15-10-17-11-23(43)38(53-4)34(49)26-19(33(48)37(38,51)27(17)31(47)24(15)36(50)40-8-6-5-7-9-40)12-18-25(30(26)46)22(42)13-21(28(18)44)39-35-20(14-41)29(45)32(52-3)16(2)54-35/h10,12,16,20,23,29,32,35,41,43,45-47,51H,5-9,11,13-14H2,1-4H3/t16-,20+,23+,29-,32-,35-,37-,38+/m0/s1. The van der Waals surface area contributed by atoms with E-state index in [9.17, 15) is 54.6 Å². The number of aryl methyl sites for hydroxylation is 1. The Hall–Kier alpha value is -4.42. The van der Waals surface area contributed by atoms with E-state index in [1.54, 1.807) is 13.8 Å². The number of aliphatic hydroxyl groups excluding tert-OH is 3. The summed E-state index contributed by atoms with van der Waals surface area (Å²) in [6.45, 7) is 3.34. The van der Waals surface area contributed by atoms with E-state index in [-0.39, 0.29) is 11.1 Å². The van der Waals surface area contributed by atoms with Crippen LogP contribution in [0.15, 0.2) is 17.1 Å². The number of benzene rings is 2. The van der Waals surface area contributed by atoms with Crippen molar-refractivity contribution in [3.63, 3.8) is 0 Å². The van der Waals surface area contributed by atoms with E-state index in [0.29, 0.717) is 18.7 Å². The fraction of sp³-hybridized carbons (Fsp3) is 0.526. The number of hydrogen-bond acceptors (Lipinski definition) is 15. The molecule has 288 valence electrons. The second kappa shape index (κ2) is 13.4. The van der Waals surface area contributed by atoms with Crippen molar-refractivity contribution in [3.8, 4) is 11.5 Å². The van der Waals surface area contributed by atoms with E-state index < -0.39 is 141 Å². The summed E-state index contributed by atoms with van der Waals surface area (Å²) in [5.41, 5.74) is -9.54. The number of phenolic OH excluding ortho intramolecular Hbond substituents is 2. The van der Waals surface area contributed by atoms with Crippen LogP contribution < -0.4 is 0 Å². The van der Waals surface area contributed by atoms with Crippen LogP contribution in [0.3, 0.4) is 0 Å². The molecule has 3 aliphatic carbocycles. The molecule has 0 radical (unpaired) electrons. The molecule has 5 aliphatic rings. The predicted octanol–water partition coefficient (Wildman–Crippen LogP) is 0.541. The number of aliphatic hydroxyl groups is 4. The lowest BCUT2D eigenvalue weighted by molar-refractivity contribution is -0.206. The van der Waals surface area contributed by atoms with Crippen LogP contribution in [-0.2, 0) is 26.2 Å². The highest BCUT2D eigenvalue weighted by molar-refractivity contribution is 6.53. The van der Waals surface area contributed by atoms with Crippen molar-refractivity contribution in [3.05, 3.63) is 56.6 Å². The molecule has 54 heavy (non-hydrogen) atoms. The van der Waals surface area contributed by atoms with Crippen molar-refractivity contribution in [2.45, 2.75) is 87.8 Å². The van der Waals surface area contributed by atoms with Gasteiger partial charge in [0, 0.05) is 50.4 Å². The minimum Gasteiger partial charge on any atom is -0.507 e. The lowest BCUT2D eigenvalue weighted by atomic mass is 9.56. The van der Waals surface area contributed by atoms with Gasteiger partial charge in [0.2, 0.25) is 17.3 Å². The molecule has 2 aromatic rings. The van der Waals surface area contributed by atoms with Gasteiger partial charge in [-0.1, -0.05) is 6.07 Å². The average Bonchev–Trinajstić information content (AvgIpc) is 3.13. The highest BCUT2D eigenvalue weighted by atomic mass is 16.6. The maximum Gasteiger partial charge on any atom is 0.257 e. The van der Waals surface area contributed by atoms with Crippen molar-refractivity contribution < 1.29 is 68.8 Å². The average molecular weight is 751 g/mol. The van der Waals surface area contributed by atoms with Crippen LogP contribution in [-0.4, -0.2) is 140 Å². The van der Waals surface area contributed by atoms with Gasteiger partial charge in [0.25, 0.3) is 5.91 Å². The lowest BCUT2D eigenvalue weighted by Crippen LogP contribution is -2.73. The maximum atomic E-state index is 14.8. The van der Waals surface area contributed by atoms with Crippen LogP contribution in [0.4, 0.5) is 0 Å². The Labute approximate surface area is 309 Å². The normalized spacial score (nSPS) is 33.0. The molecule has 6 N–H and O–H groups in total. The first-order chi connectivity index (χ1) is 25.6. The number of carbonyl (C=O) groups is 5. The van der Waals surface area contributed by atoms with Crippen LogP contribution in [0.1, 0.15) is 101 Å². The van der Waals surface area contributed by atoms with Crippen LogP contribution in [0, 0.1) is 12.8 Å². The summed E-state index contributed by atoms with van der Waals surface area (Å²) in [6.07, 6.45) is -4.80. The summed E-state index contributed by atoms with van der Waals surface area (Å²) in [5.74, 6) is -7.97. The van der Waals surface area contributed by atoms with Gasteiger partial charge < -0.3 is 49.7 Å². The smallest absolute Gasteiger partial charge is 0.257 e. The van der Waals surface area contributed by atoms with Gasteiger partial charge in [-0.05, 0) is 50.3 Å². The molecule has 0 unspecified atom stereocenters. The van der Waals surface area contributed by atoms with E-state index in [0.717, 1.165) is 32.4 Å². The number of methoxy groups -OCH3 is 2. The van der Waals surface area contributed by atoms with E-state index in [1.807, 2.05) is 0 Å². The molecule has 1 amide bonds. The number of carbonyl (C=O) groups excluding carboxylic acids is 5. The molecule has 2 fully saturated rings. The van der Waals surface area contributed by atoms with Crippen LogP contribution >= 0.6 is 0 Å². The number of ketones is 4. The third kappa shape index (κ3) is 5.01. The first kappa shape index (κ1) is 37.9. The number of fused-ring (bicyclic) bond motifs is 5. The second-order valence-electron chi connectivity index (χ2n) is 14.7. The summed E-state index contributed by atoms with van der Waals surface area (Å²) in [7, 11) is 2.30. The number of ether oxygens (including phenoxy) is 3. The SMILES string of the molecule is CO[C@@H]1[C@@H](O)[C@@H](CO)[C@@H](N=C2CC(=O)c3c(cc4c(c3O)C(=O)[C@]3(OC)[C@H](O)Cc5cc(C)c(C(=O)N6CCCCC6)c(O)c5[C@]3(O)C4=O)C2=O)O[C@H]1C. The van der Waals surface area contributed by atoms with E-state index in [2.05, 4.69) is 4.99 Å². The number of likely N-dealkylation sites (tertiary alicyclic amines) is 1. The minimum absolute atomic E-state index is 0.0494. The fourth-order valence-corrected chi connectivity index (χ4v) is 9.11. The van der Waals surface area contributed by atoms with Crippen molar-refractivity contribution in [1.29, 1.82) is 0 Å². The van der Waals surface area contributed by atoms with Gasteiger partial charge in [-0.2, -0.15) is 0 Å². The van der Waals surface area contributed by atoms with Gasteiger partial charge in [0.15, 0.2) is 23.2 Å². The monoisotopic (exact) mass is 750 g/mol. The van der Waals surface area contributed by atoms with Gasteiger partial charge in [0.05, 0.1) is 59.7 Å². The first-order valence-electron chi connectivity index (χ1n) is 17.8. The van der Waals surface area contributed by atoms with Gasteiger partial charge >= 0.3 is 0 Å². The molecule has 7 rings (SSSR count). The Morgan fingerprint density at radius 1 is 1.00 bits per heavy atom. The second-order valence-corrected chi connectivity index (χ2v) is 14.7. The summed E-state index contributed by atoms with van der Waals surface area (Å²) in [4.78, 5) is 76.7. The predicted molar refractivity (Wildman–Crippen MR) is 185 cm³/mol. The van der Waals surface area contributed by atoms with Gasteiger partial charge in [-0.25, -0.2) is 0 Å². The zero-order valence-corrected chi connectivity index (χ0v) is 30.1. The van der Waals surface area contributed by atoms with Crippen LogP contribution in [0.5, 0.6) is 11.5 Å². The van der Waals surface area contributed by atoms with E-state index >= 15 is 0 Å². The van der Waals surface area contributed by atoms with Gasteiger partial charge in [-0.15, -0.1) is 0 Å². The largest absolute Gasteiger partial charge is 0.507 e. The number of phenols is 2. The number of aromatic hydroxyl groups is 2. The summed E-state index contributed by atoms with van der Waals surface area (Å²) >= 11 is 0. The number of aliphatic imine (C=N–C) groups is 1. The molecule has 16 nitrogen and oxygen atoms in total. The minimum atomic E-state index is -3.21. The molecule has 2 heterocycles. The van der Waals surface area contributed by atoms with Gasteiger partial charge in [0.1, 0.15) is 17.6 Å². The fourth-order valence-electron chi connectivity index (χ4n) is 9.11. The van der Waals surface area contributed by atoms with Crippen LogP contribution in [0.25, 0.3) is 0 Å². The topological polar surface area (TPSA) is 250 Å². The van der Waals surface area contributed by atoms with Crippen LogP contribution in [0.2, 0.25) is 0 Å². The third-order valence-electron chi connectivity index (χ3n) is 11.8. The molecule has 0 aromatic heterocycles. The number of Topliss-reactive ketones (excluding diaryl/α,β-unsaturated/α-hetero) is 4. The molecular weight excluding hydrogens is 708 g/mol. The molecule has 0 spiro atoms. The van der Waals surface area contributed by atoms with Crippen molar-refractivity contribution in [1.82, 2.24) is 4.90 Å². The lowest BCUT2D eigenvalue weighted by Gasteiger charge is -2.53. The molecule has 0 saturated carbocycles. The first-order valence-corrected chi connectivity index (χ1v) is 17.8. The molecule has 16 heteroatoms. The maximum absolute atomic E-state index is 14.8. The number of rotatable bonds is 5. The number of amides is 1. The summed E-state index contributed by atoms with van der Waals surface area (Å²) in [6, 6.07) is 2.31. The van der Waals surface area contributed by atoms with Gasteiger partial charge in [-0.3, -0.25) is 29.0 Å². The Bertz CT molecular complexity index is 2040. The summed E-state index contributed by atoms with van der Waals surface area (Å²) < 4.78 is 16.7. The zero-order chi connectivity index (χ0) is 39.2. The number of piperidine rings is 1. The quantitative estimate of drug-likeness (QED) is 0.244. The molecule has 0 bridgehead atoms. The Kier molecular flexibility index (Phi) is 9.40. The Balaban J connectivity index is 1.39. The molecule has 2 aromatic carbocycles. The van der Waals surface area contributed by atoms with E-state index in [4.69, 9.17) is 14.2 Å². The Morgan fingerprint density at radius 3 is 2.31 bits per heavy atom. The highest BCUT2D eigenvalue weighted by Crippen LogP contribution is 2.56. The molecule has 2 saturated heterocycles. The molecule has 8 atom stereocenters. The highest BCUT2D eigenvalue weighted by Gasteiger charge is 2.72. The van der Waals surface area contributed by atoms with E-state index in [1.165, 1.54) is 18.1 Å². The number of hydrogen-bond donors (Lipinski definition) is 6. The zero-order valence-electron chi connectivity index (χ0n) is 30.1. The van der Waals surface area contributed by atoms with Crippen molar-refractivity contribution >= 4 is 34.8 Å².